The molecule has 0 atom stereocenters. The highest BCUT2D eigenvalue weighted by Crippen LogP contribution is 2.34. The topological polar surface area (TPSA) is 28.2 Å². The van der Waals surface area contributed by atoms with E-state index in [9.17, 15) is 13.2 Å². The number of halogens is 4. The Hall–Kier alpha value is -1.53. The van der Waals surface area contributed by atoms with E-state index in [2.05, 4.69) is 15.2 Å². The number of benzene rings is 1. The normalized spacial score (nSPS) is 16.5. The van der Waals surface area contributed by atoms with Crippen molar-refractivity contribution in [1.82, 2.24) is 10.3 Å². The molecule has 1 saturated heterocycles. The van der Waals surface area contributed by atoms with Gasteiger partial charge in [-0.2, -0.15) is 13.2 Å². The summed E-state index contributed by atoms with van der Waals surface area (Å²) in [5.74, 6) is 0.703. The van der Waals surface area contributed by atoms with Crippen LogP contribution in [-0.4, -0.2) is 31.2 Å². The molecular weight excluding hydrogens is 303 g/mol. The molecule has 0 radical (unpaired) electrons. The number of anilines is 1. The van der Waals surface area contributed by atoms with Crippen LogP contribution in [0, 0.1) is 0 Å². The average molecular weight is 316 g/mol. The molecule has 7 heteroatoms. The molecule has 0 aliphatic carbocycles. The Morgan fingerprint density at radius 1 is 1.14 bits per heavy atom. The van der Waals surface area contributed by atoms with E-state index in [1.54, 1.807) is 6.07 Å². The summed E-state index contributed by atoms with van der Waals surface area (Å²) in [6.45, 7) is 3.31. The molecule has 1 aliphatic heterocycles. The van der Waals surface area contributed by atoms with Gasteiger partial charge in [-0.15, -0.1) is 0 Å². The summed E-state index contributed by atoms with van der Waals surface area (Å²) < 4.78 is 38.2. The molecule has 2 aromatic rings. The molecule has 1 aromatic carbocycles. The lowest BCUT2D eigenvalue weighted by molar-refractivity contribution is -0.137. The van der Waals surface area contributed by atoms with Gasteiger partial charge in [-0.25, -0.2) is 4.98 Å². The highest BCUT2D eigenvalue weighted by Gasteiger charge is 2.30. The number of alkyl halides is 3. The molecule has 1 aliphatic rings. The van der Waals surface area contributed by atoms with E-state index in [1.165, 1.54) is 6.07 Å². The molecule has 0 saturated carbocycles. The van der Waals surface area contributed by atoms with E-state index in [-0.39, 0.29) is 0 Å². The molecule has 0 amide bonds. The highest BCUT2D eigenvalue weighted by atomic mass is 35.5. The van der Waals surface area contributed by atoms with Gasteiger partial charge in [0.05, 0.1) is 16.1 Å². The van der Waals surface area contributed by atoms with Gasteiger partial charge in [-0.3, -0.25) is 0 Å². The van der Waals surface area contributed by atoms with Crippen molar-refractivity contribution < 1.29 is 13.2 Å². The second kappa shape index (κ2) is 5.35. The monoisotopic (exact) mass is 315 g/mol. The van der Waals surface area contributed by atoms with Gasteiger partial charge in [-0.05, 0) is 24.3 Å². The Kier molecular flexibility index (Phi) is 3.67. The smallest absolute Gasteiger partial charge is 0.354 e. The molecular formula is C14H13ClF3N3. The van der Waals surface area contributed by atoms with E-state index < -0.39 is 11.7 Å². The van der Waals surface area contributed by atoms with Crippen LogP contribution in [0.1, 0.15) is 5.56 Å². The first kappa shape index (κ1) is 14.4. The minimum atomic E-state index is -4.38. The molecule has 3 nitrogen and oxygen atoms in total. The third-order valence-electron chi connectivity index (χ3n) is 3.51. The van der Waals surface area contributed by atoms with Crippen LogP contribution in [0.25, 0.3) is 10.9 Å². The summed E-state index contributed by atoms with van der Waals surface area (Å²) in [5, 5.41) is 3.85. The maximum Gasteiger partial charge on any atom is 0.416 e. The Morgan fingerprint density at radius 2 is 1.86 bits per heavy atom. The van der Waals surface area contributed by atoms with Crippen LogP contribution in [-0.2, 0) is 6.18 Å². The second-order valence-electron chi connectivity index (χ2n) is 4.93. The molecule has 3 rings (SSSR count). The number of hydrogen-bond donors (Lipinski definition) is 1. The zero-order valence-corrected chi connectivity index (χ0v) is 11.8. The van der Waals surface area contributed by atoms with Crippen LogP contribution in [0.4, 0.5) is 19.0 Å². The Labute approximate surface area is 124 Å². The molecule has 1 aromatic heterocycles. The highest BCUT2D eigenvalue weighted by molar-refractivity contribution is 6.35. The molecule has 21 heavy (non-hydrogen) atoms. The van der Waals surface area contributed by atoms with E-state index in [0.29, 0.717) is 21.7 Å². The Balaban J connectivity index is 2.04. The van der Waals surface area contributed by atoms with Crippen LogP contribution >= 0.6 is 11.6 Å². The number of nitrogens with one attached hydrogen (secondary N) is 1. The number of pyridine rings is 1. The quantitative estimate of drug-likeness (QED) is 0.875. The van der Waals surface area contributed by atoms with Crippen molar-refractivity contribution in [1.29, 1.82) is 0 Å². The molecule has 112 valence electrons. The van der Waals surface area contributed by atoms with Gasteiger partial charge < -0.3 is 10.2 Å². The fourth-order valence-corrected chi connectivity index (χ4v) is 2.65. The fraction of sp³-hybridized carbons (Fsp3) is 0.357. The third kappa shape index (κ3) is 2.91. The van der Waals surface area contributed by atoms with Crippen LogP contribution in [0.2, 0.25) is 5.02 Å². The molecule has 1 N–H and O–H groups in total. The van der Waals surface area contributed by atoms with Gasteiger partial charge in [0.15, 0.2) is 0 Å². The molecule has 0 spiro atoms. The number of piperazine rings is 1. The Bertz CT molecular complexity index is 666. The minimum Gasteiger partial charge on any atom is -0.354 e. The van der Waals surface area contributed by atoms with Gasteiger partial charge in [0, 0.05) is 31.6 Å². The zero-order valence-electron chi connectivity index (χ0n) is 11.0. The SMILES string of the molecule is FC(F)(F)c1ccc2nc(N3CCNCC3)cc(Cl)c2c1. The summed E-state index contributed by atoms with van der Waals surface area (Å²) in [7, 11) is 0. The standard InChI is InChI=1S/C14H13ClF3N3/c15-11-8-13(21-5-3-19-4-6-21)20-12-2-1-9(7-10(11)12)14(16,17)18/h1-2,7-8,19H,3-6H2. The lowest BCUT2D eigenvalue weighted by Gasteiger charge is -2.28. The van der Waals surface area contributed by atoms with E-state index >= 15 is 0 Å². The predicted octanol–water partition coefficient (Wildman–Crippen LogP) is 3.32. The largest absolute Gasteiger partial charge is 0.416 e. The van der Waals surface area contributed by atoms with Crippen molar-refractivity contribution in [2.24, 2.45) is 0 Å². The van der Waals surface area contributed by atoms with Crippen LogP contribution in [0.15, 0.2) is 24.3 Å². The van der Waals surface area contributed by atoms with E-state index in [1.807, 2.05) is 0 Å². The Morgan fingerprint density at radius 3 is 2.52 bits per heavy atom. The van der Waals surface area contributed by atoms with Gasteiger partial charge in [-0.1, -0.05) is 11.6 Å². The van der Waals surface area contributed by atoms with E-state index in [4.69, 9.17) is 11.6 Å². The number of aromatic nitrogens is 1. The second-order valence-corrected chi connectivity index (χ2v) is 5.34. The van der Waals surface area contributed by atoms with Gasteiger partial charge >= 0.3 is 6.18 Å². The first-order valence-corrected chi connectivity index (χ1v) is 6.96. The minimum absolute atomic E-state index is 0.291. The van der Waals surface area contributed by atoms with Gasteiger partial charge in [0.1, 0.15) is 5.82 Å². The van der Waals surface area contributed by atoms with Crippen molar-refractivity contribution in [3.8, 4) is 0 Å². The molecule has 2 heterocycles. The van der Waals surface area contributed by atoms with E-state index in [0.717, 1.165) is 38.3 Å². The van der Waals surface area contributed by atoms with Crippen molar-refractivity contribution in [3.05, 3.63) is 34.9 Å². The fourth-order valence-electron chi connectivity index (χ4n) is 2.40. The first-order valence-electron chi connectivity index (χ1n) is 6.58. The lowest BCUT2D eigenvalue weighted by Crippen LogP contribution is -2.43. The number of nitrogens with zero attached hydrogens (tertiary/aromatic N) is 2. The van der Waals surface area contributed by atoms with Crippen molar-refractivity contribution in [2.45, 2.75) is 6.18 Å². The third-order valence-corrected chi connectivity index (χ3v) is 3.83. The van der Waals surface area contributed by atoms with Crippen LogP contribution in [0.3, 0.4) is 0 Å². The summed E-state index contributed by atoms with van der Waals surface area (Å²) in [5.41, 5.74) is -0.238. The maximum absolute atomic E-state index is 12.7. The molecule has 1 fully saturated rings. The van der Waals surface area contributed by atoms with Crippen molar-refractivity contribution in [3.63, 3.8) is 0 Å². The molecule has 0 bridgehead atoms. The van der Waals surface area contributed by atoms with Gasteiger partial charge in [0.2, 0.25) is 0 Å². The lowest BCUT2D eigenvalue weighted by atomic mass is 10.1. The summed E-state index contributed by atoms with van der Waals surface area (Å²) in [4.78, 5) is 6.50. The zero-order chi connectivity index (χ0) is 15.0. The van der Waals surface area contributed by atoms with Crippen LogP contribution < -0.4 is 10.2 Å². The summed E-state index contributed by atoms with van der Waals surface area (Å²) in [6, 6.07) is 5.09. The average Bonchev–Trinajstić information content (AvgIpc) is 2.47. The predicted molar refractivity (Wildman–Crippen MR) is 76.8 cm³/mol. The number of fused-ring (bicyclic) bond motifs is 1. The summed E-state index contributed by atoms with van der Waals surface area (Å²) >= 11 is 6.15. The van der Waals surface area contributed by atoms with Crippen LogP contribution in [0.5, 0.6) is 0 Å². The molecule has 0 unspecified atom stereocenters. The number of hydrogen-bond acceptors (Lipinski definition) is 3. The van der Waals surface area contributed by atoms with Crippen molar-refractivity contribution >= 4 is 28.3 Å². The van der Waals surface area contributed by atoms with Crippen molar-refractivity contribution in [2.75, 3.05) is 31.1 Å². The first-order chi connectivity index (χ1) is 9.95. The summed E-state index contributed by atoms with van der Waals surface area (Å²) in [6.07, 6.45) is -4.38. The maximum atomic E-state index is 12.7. The number of rotatable bonds is 1. The van der Waals surface area contributed by atoms with Gasteiger partial charge in [0.25, 0.3) is 0 Å².